The van der Waals surface area contributed by atoms with E-state index in [0.29, 0.717) is 6.54 Å². The van der Waals surface area contributed by atoms with Gasteiger partial charge in [0.15, 0.2) is 6.61 Å². The van der Waals surface area contributed by atoms with E-state index in [1.54, 1.807) is 18.2 Å². The summed E-state index contributed by atoms with van der Waals surface area (Å²) in [5, 5.41) is 11.8. The molecule has 0 aliphatic carbocycles. The zero-order chi connectivity index (χ0) is 13.6. The van der Waals surface area contributed by atoms with Gasteiger partial charge in [0.25, 0.3) is 0 Å². The predicted octanol–water partition coefficient (Wildman–Crippen LogP) is 2.10. The maximum atomic E-state index is 12.0. The Hall–Kier alpha value is -1.27. The summed E-state index contributed by atoms with van der Waals surface area (Å²) in [6.45, 7) is 0.982. The first-order chi connectivity index (χ1) is 8.40. The van der Waals surface area contributed by atoms with Gasteiger partial charge >= 0.3 is 6.18 Å². The number of hydrogen-bond acceptors (Lipinski definition) is 3. The second-order valence-corrected chi connectivity index (χ2v) is 4.02. The Labute approximate surface area is 104 Å². The first-order valence-corrected chi connectivity index (χ1v) is 5.53. The third-order valence-electron chi connectivity index (χ3n) is 2.23. The Morgan fingerprint density at radius 1 is 1.39 bits per heavy atom. The van der Waals surface area contributed by atoms with Crippen molar-refractivity contribution >= 4 is 0 Å². The number of nitrogens with one attached hydrogen (secondary N) is 1. The molecule has 0 spiro atoms. The van der Waals surface area contributed by atoms with Gasteiger partial charge < -0.3 is 15.2 Å². The molecule has 2 N–H and O–H groups in total. The molecule has 18 heavy (non-hydrogen) atoms. The van der Waals surface area contributed by atoms with Crippen molar-refractivity contribution in [1.82, 2.24) is 5.32 Å². The van der Waals surface area contributed by atoms with E-state index in [0.717, 1.165) is 5.56 Å². The van der Waals surface area contributed by atoms with Crippen molar-refractivity contribution in [1.29, 1.82) is 0 Å². The average molecular weight is 263 g/mol. The lowest BCUT2D eigenvalue weighted by atomic mass is 10.2. The van der Waals surface area contributed by atoms with Gasteiger partial charge in [0, 0.05) is 12.6 Å². The van der Waals surface area contributed by atoms with E-state index < -0.39 is 12.8 Å². The highest BCUT2D eigenvalue weighted by Gasteiger charge is 2.28. The number of rotatable bonds is 6. The highest BCUT2D eigenvalue weighted by atomic mass is 19.4. The molecule has 1 atom stereocenters. The minimum absolute atomic E-state index is 0.00423. The van der Waals surface area contributed by atoms with Gasteiger partial charge in [-0.05, 0) is 24.6 Å². The smallest absolute Gasteiger partial charge is 0.422 e. The van der Waals surface area contributed by atoms with Crippen LogP contribution in [-0.2, 0) is 6.54 Å². The molecule has 102 valence electrons. The molecule has 0 fully saturated rings. The highest BCUT2D eigenvalue weighted by molar-refractivity contribution is 5.28. The fraction of sp³-hybridized carbons (Fsp3) is 0.500. The number of aliphatic hydroxyl groups excluding tert-OH is 1. The lowest BCUT2D eigenvalue weighted by molar-refractivity contribution is -0.153. The maximum absolute atomic E-state index is 12.0. The summed E-state index contributed by atoms with van der Waals surface area (Å²) >= 11 is 0. The Kier molecular flexibility index (Phi) is 5.43. The van der Waals surface area contributed by atoms with Gasteiger partial charge in [0.05, 0.1) is 6.61 Å². The quantitative estimate of drug-likeness (QED) is 0.826. The van der Waals surface area contributed by atoms with E-state index in [1.807, 2.05) is 6.92 Å². The molecule has 1 rings (SSSR count). The van der Waals surface area contributed by atoms with E-state index in [9.17, 15) is 13.2 Å². The Morgan fingerprint density at radius 2 is 2.11 bits per heavy atom. The zero-order valence-electron chi connectivity index (χ0n) is 10.00. The molecule has 0 amide bonds. The highest BCUT2D eigenvalue weighted by Crippen LogP contribution is 2.19. The summed E-state index contributed by atoms with van der Waals surface area (Å²) in [4.78, 5) is 0. The van der Waals surface area contributed by atoms with Crippen LogP contribution in [0.5, 0.6) is 5.75 Å². The summed E-state index contributed by atoms with van der Waals surface area (Å²) in [6, 6.07) is 6.36. The summed E-state index contributed by atoms with van der Waals surface area (Å²) in [5.74, 6) is 0.184. The minimum Gasteiger partial charge on any atom is -0.484 e. The summed E-state index contributed by atoms with van der Waals surface area (Å²) in [6.07, 6.45) is -4.33. The third-order valence-corrected chi connectivity index (χ3v) is 2.23. The van der Waals surface area contributed by atoms with Crippen molar-refractivity contribution in [3.63, 3.8) is 0 Å². The van der Waals surface area contributed by atoms with Crippen LogP contribution in [0, 0.1) is 0 Å². The van der Waals surface area contributed by atoms with Crippen LogP contribution in [0.2, 0.25) is 0 Å². The summed E-state index contributed by atoms with van der Waals surface area (Å²) < 4.78 is 40.6. The van der Waals surface area contributed by atoms with E-state index in [1.165, 1.54) is 6.07 Å². The number of halogens is 3. The van der Waals surface area contributed by atoms with Crippen LogP contribution in [-0.4, -0.2) is 30.5 Å². The molecule has 0 heterocycles. The van der Waals surface area contributed by atoms with E-state index in [2.05, 4.69) is 10.1 Å². The Morgan fingerprint density at radius 3 is 2.72 bits per heavy atom. The van der Waals surface area contributed by atoms with Crippen LogP contribution in [0.3, 0.4) is 0 Å². The Balaban J connectivity index is 2.51. The van der Waals surface area contributed by atoms with Crippen molar-refractivity contribution < 1.29 is 23.0 Å². The maximum Gasteiger partial charge on any atom is 0.422 e. The van der Waals surface area contributed by atoms with Crippen molar-refractivity contribution in [2.24, 2.45) is 0 Å². The molecule has 6 heteroatoms. The van der Waals surface area contributed by atoms with Crippen molar-refractivity contribution in [2.75, 3.05) is 13.2 Å². The molecule has 1 aromatic carbocycles. The first-order valence-electron chi connectivity index (χ1n) is 5.53. The van der Waals surface area contributed by atoms with Gasteiger partial charge in [-0.15, -0.1) is 0 Å². The molecule has 0 aromatic heterocycles. The lowest BCUT2D eigenvalue weighted by Crippen LogP contribution is -2.28. The summed E-state index contributed by atoms with van der Waals surface area (Å²) in [7, 11) is 0. The van der Waals surface area contributed by atoms with Gasteiger partial charge in [-0.1, -0.05) is 12.1 Å². The van der Waals surface area contributed by atoms with Crippen molar-refractivity contribution in [2.45, 2.75) is 25.7 Å². The van der Waals surface area contributed by atoms with Gasteiger partial charge in [0.1, 0.15) is 5.75 Å². The Bertz CT molecular complexity index is 369. The third kappa shape index (κ3) is 5.88. The number of alkyl halides is 3. The number of benzene rings is 1. The van der Waals surface area contributed by atoms with Crippen molar-refractivity contribution in [3.8, 4) is 5.75 Å². The summed E-state index contributed by atoms with van der Waals surface area (Å²) in [5.41, 5.74) is 0.801. The van der Waals surface area contributed by atoms with Gasteiger partial charge in [-0.3, -0.25) is 0 Å². The number of ether oxygens (including phenoxy) is 1. The molecule has 3 nitrogen and oxygen atoms in total. The standard InChI is InChI=1S/C12H16F3NO2/c1-9(7-17)16-6-10-3-2-4-11(5-10)18-8-12(13,14)15/h2-5,9,16-17H,6-8H2,1H3. The molecule has 0 aliphatic rings. The van der Waals surface area contributed by atoms with E-state index >= 15 is 0 Å². The second-order valence-electron chi connectivity index (χ2n) is 4.02. The molecule has 0 bridgehead atoms. The zero-order valence-corrected chi connectivity index (χ0v) is 10.00. The normalized spacial score (nSPS) is 13.4. The van der Waals surface area contributed by atoms with E-state index in [-0.39, 0.29) is 18.4 Å². The van der Waals surface area contributed by atoms with Gasteiger partial charge in [0.2, 0.25) is 0 Å². The monoisotopic (exact) mass is 263 g/mol. The molecule has 0 saturated heterocycles. The number of hydrogen-bond donors (Lipinski definition) is 2. The molecular weight excluding hydrogens is 247 g/mol. The van der Waals surface area contributed by atoms with E-state index in [4.69, 9.17) is 5.11 Å². The molecule has 1 unspecified atom stereocenters. The van der Waals surface area contributed by atoms with Crippen LogP contribution in [0.15, 0.2) is 24.3 Å². The molecule has 1 aromatic rings. The largest absolute Gasteiger partial charge is 0.484 e. The topological polar surface area (TPSA) is 41.5 Å². The predicted molar refractivity (Wildman–Crippen MR) is 61.4 cm³/mol. The van der Waals surface area contributed by atoms with Crippen LogP contribution >= 0.6 is 0 Å². The fourth-order valence-corrected chi connectivity index (χ4v) is 1.27. The first kappa shape index (κ1) is 14.8. The fourth-order valence-electron chi connectivity index (χ4n) is 1.27. The SMILES string of the molecule is CC(CO)NCc1cccc(OCC(F)(F)F)c1. The van der Waals surface area contributed by atoms with Crippen LogP contribution in [0.1, 0.15) is 12.5 Å². The van der Waals surface area contributed by atoms with Crippen LogP contribution < -0.4 is 10.1 Å². The van der Waals surface area contributed by atoms with Crippen molar-refractivity contribution in [3.05, 3.63) is 29.8 Å². The number of aliphatic hydroxyl groups is 1. The molecular formula is C12H16F3NO2. The molecule has 0 radical (unpaired) electrons. The van der Waals surface area contributed by atoms with Crippen LogP contribution in [0.25, 0.3) is 0 Å². The lowest BCUT2D eigenvalue weighted by Gasteiger charge is -2.12. The second kappa shape index (κ2) is 6.61. The van der Waals surface area contributed by atoms with Gasteiger partial charge in [-0.25, -0.2) is 0 Å². The average Bonchev–Trinajstić information content (AvgIpc) is 2.33. The van der Waals surface area contributed by atoms with Gasteiger partial charge in [-0.2, -0.15) is 13.2 Å². The minimum atomic E-state index is -4.33. The molecule has 0 aliphatic heterocycles. The molecule has 0 saturated carbocycles. The van der Waals surface area contributed by atoms with Crippen LogP contribution in [0.4, 0.5) is 13.2 Å².